The monoisotopic (exact) mass is 331 g/mol. The minimum absolute atomic E-state index is 0.213. The zero-order chi connectivity index (χ0) is 16.4. The van der Waals surface area contributed by atoms with Crippen LogP contribution >= 0.6 is 0 Å². The molecule has 0 saturated heterocycles. The lowest BCUT2D eigenvalue weighted by molar-refractivity contribution is 0.204. The predicted octanol–water partition coefficient (Wildman–Crippen LogP) is 3.01. The highest BCUT2D eigenvalue weighted by atomic mass is 32.2. The van der Waals surface area contributed by atoms with E-state index in [-0.39, 0.29) is 6.04 Å². The van der Waals surface area contributed by atoms with E-state index in [0.29, 0.717) is 24.5 Å². The molecule has 4 nitrogen and oxygen atoms in total. The number of hydrogen-bond donors (Lipinski definition) is 0. The van der Waals surface area contributed by atoms with Crippen LogP contribution in [0.5, 0.6) is 5.75 Å². The van der Waals surface area contributed by atoms with Gasteiger partial charge in [-0.3, -0.25) is 0 Å². The summed E-state index contributed by atoms with van der Waals surface area (Å²) in [6.45, 7) is 4.64. The van der Waals surface area contributed by atoms with Crippen molar-refractivity contribution in [1.82, 2.24) is 4.31 Å². The molecule has 0 aromatic heterocycles. The Morgan fingerprint density at radius 2 is 1.78 bits per heavy atom. The number of ether oxygens (including phenoxy) is 1. The topological polar surface area (TPSA) is 46.6 Å². The molecule has 0 bridgehead atoms. The summed E-state index contributed by atoms with van der Waals surface area (Å²) >= 11 is 0. The fourth-order valence-electron chi connectivity index (χ4n) is 2.80. The molecule has 122 valence electrons. The van der Waals surface area contributed by atoms with Crippen molar-refractivity contribution in [2.75, 3.05) is 13.2 Å². The first-order valence-corrected chi connectivity index (χ1v) is 9.22. The van der Waals surface area contributed by atoms with Gasteiger partial charge in [0, 0.05) is 6.54 Å². The van der Waals surface area contributed by atoms with E-state index in [2.05, 4.69) is 0 Å². The molecule has 0 N–H and O–H groups in total. The van der Waals surface area contributed by atoms with Crippen LogP contribution in [0.25, 0.3) is 0 Å². The van der Waals surface area contributed by atoms with E-state index in [1.807, 2.05) is 50.2 Å². The summed E-state index contributed by atoms with van der Waals surface area (Å²) in [6, 6.07) is 14.6. The number of para-hydroxylation sites is 1. The first kappa shape index (κ1) is 16.0. The summed E-state index contributed by atoms with van der Waals surface area (Å²) in [4.78, 5) is 0.337. The predicted molar refractivity (Wildman–Crippen MR) is 90.2 cm³/mol. The number of rotatable bonds is 2. The summed E-state index contributed by atoms with van der Waals surface area (Å²) in [6.07, 6.45) is 0.644. The number of hydrogen-bond acceptors (Lipinski definition) is 3. The van der Waals surface area contributed by atoms with Crippen LogP contribution in [-0.4, -0.2) is 31.9 Å². The lowest BCUT2D eigenvalue weighted by Crippen LogP contribution is -2.44. The Hall–Kier alpha value is -1.85. The summed E-state index contributed by atoms with van der Waals surface area (Å²) < 4.78 is 33.3. The Morgan fingerprint density at radius 1 is 1.09 bits per heavy atom. The number of aryl methyl sites for hydroxylation is 1. The third-order valence-corrected chi connectivity index (χ3v) is 6.20. The van der Waals surface area contributed by atoms with Gasteiger partial charge in [0.2, 0.25) is 10.0 Å². The molecular weight excluding hydrogens is 310 g/mol. The second kappa shape index (κ2) is 6.34. The average Bonchev–Trinajstić information content (AvgIpc) is 2.52. The molecule has 5 heteroatoms. The number of nitrogens with zero attached hydrogens (tertiary/aromatic N) is 1. The van der Waals surface area contributed by atoms with Crippen molar-refractivity contribution in [3.63, 3.8) is 0 Å². The number of sulfonamides is 1. The molecule has 1 atom stereocenters. The van der Waals surface area contributed by atoms with Crippen molar-refractivity contribution in [2.45, 2.75) is 31.2 Å². The van der Waals surface area contributed by atoms with Crippen LogP contribution in [0.4, 0.5) is 0 Å². The van der Waals surface area contributed by atoms with Gasteiger partial charge in [-0.2, -0.15) is 4.31 Å². The zero-order valence-electron chi connectivity index (χ0n) is 13.4. The van der Waals surface area contributed by atoms with Gasteiger partial charge in [0.15, 0.2) is 0 Å². The molecular formula is C18H21NO3S. The smallest absolute Gasteiger partial charge is 0.243 e. The van der Waals surface area contributed by atoms with Crippen molar-refractivity contribution >= 4 is 10.0 Å². The molecule has 23 heavy (non-hydrogen) atoms. The second-order valence-electron chi connectivity index (χ2n) is 5.95. The Bertz CT molecular complexity index is 784. The zero-order valence-corrected chi connectivity index (χ0v) is 14.2. The highest BCUT2D eigenvalue weighted by Crippen LogP contribution is 2.25. The van der Waals surface area contributed by atoms with E-state index >= 15 is 0 Å². The molecule has 0 aliphatic carbocycles. The van der Waals surface area contributed by atoms with E-state index in [4.69, 9.17) is 4.74 Å². The Morgan fingerprint density at radius 3 is 2.52 bits per heavy atom. The van der Waals surface area contributed by atoms with Crippen LogP contribution in [0.15, 0.2) is 53.4 Å². The lowest BCUT2D eigenvalue weighted by atomic mass is 10.1. The van der Waals surface area contributed by atoms with Gasteiger partial charge in [-0.05, 0) is 44.0 Å². The highest BCUT2D eigenvalue weighted by molar-refractivity contribution is 7.89. The standard InChI is InChI=1S/C18H21NO3S/c1-14-7-9-17(10-8-14)23(20,21)19-12-11-16-5-3-4-6-18(16)22-13-15(19)2/h3-10,15H,11-13H2,1-2H3/t15-/m0/s1. The molecule has 2 aromatic carbocycles. The summed E-state index contributed by atoms with van der Waals surface area (Å²) in [5.74, 6) is 0.853. The van der Waals surface area contributed by atoms with Crippen molar-refractivity contribution in [3.8, 4) is 5.75 Å². The maximum Gasteiger partial charge on any atom is 0.243 e. The Kier molecular flexibility index (Phi) is 4.41. The first-order chi connectivity index (χ1) is 11.0. The molecule has 0 amide bonds. The molecule has 1 heterocycles. The SMILES string of the molecule is Cc1ccc(S(=O)(=O)N2CCc3ccccc3OC[C@@H]2C)cc1. The van der Waals surface area contributed by atoms with E-state index in [1.54, 1.807) is 16.4 Å². The molecule has 0 spiro atoms. The summed E-state index contributed by atoms with van der Waals surface area (Å²) in [7, 11) is -3.52. The van der Waals surface area contributed by atoms with Crippen LogP contribution < -0.4 is 4.74 Å². The highest BCUT2D eigenvalue weighted by Gasteiger charge is 2.30. The van der Waals surface area contributed by atoms with Crippen molar-refractivity contribution < 1.29 is 13.2 Å². The van der Waals surface area contributed by atoms with Crippen molar-refractivity contribution in [3.05, 3.63) is 59.7 Å². The molecule has 1 aliphatic heterocycles. The van der Waals surface area contributed by atoms with E-state index < -0.39 is 10.0 Å². The summed E-state index contributed by atoms with van der Waals surface area (Å²) in [5.41, 5.74) is 2.09. The van der Waals surface area contributed by atoms with Crippen molar-refractivity contribution in [2.24, 2.45) is 0 Å². The van der Waals surface area contributed by atoms with Crippen LogP contribution in [0.3, 0.4) is 0 Å². The maximum atomic E-state index is 13.0. The molecule has 0 saturated carbocycles. The third kappa shape index (κ3) is 3.26. The fourth-order valence-corrected chi connectivity index (χ4v) is 4.42. The van der Waals surface area contributed by atoms with E-state index in [9.17, 15) is 8.42 Å². The molecule has 1 aliphatic rings. The Balaban J connectivity index is 1.91. The van der Waals surface area contributed by atoms with Gasteiger partial charge in [-0.15, -0.1) is 0 Å². The van der Waals surface area contributed by atoms with Crippen LogP contribution in [0.1, 0.15) is 18.1 Å². The maximum absolute atomic E-state index is 13.0. The minimum Gasteiger partial charge on any atom is -0.492 e. The molecule has 0 radical (unpaired) electrons. The summed E-state index contributed by atoms with van der Waals surface area (Å²) in [5, 5.41) is 0. The van der Waals surface area contributed by atoms with E-state index in [0.717, 1.165) is 16.9 Å². The van der Waals surface area contributed by atoms with Gasteiger partial charge in [0.25, 0.3) is 0 Å². The normalized spacial score (nSPS) is 19.3. The second-order valence-corrected chi connectivity index (χ2v) is 7.84. The van der Waals surface area contributed by atoms with Crippen molar-refractivity contribution in [1.29, 1.82) is 0 Å². The first-order valence-electron chi connectivity index (χ1n) is 7.78. The van der Waals surface area contributed by atoms with Gasteiger partial charge < -0.3 is 4.74 Å². The number of benzene rings is 2. The average molecular weight is 331 g/mol. The van der Waals surface area contributed by atoms with Gasteiger partial charge in [0.05, 0.1) is 10.9 Å². The van der Waals surface area contributed by atoms with Gasteiger partial charge >= 0.3 is 0 Å². The largest absolute Gasteiger partial charge is 0.492 e. The van der Waals surface area contributed by atoms with Gasteiger partial charge in [-0.1, -0.05) is 35.9 Å². The quantitative estimate of drug-likeness (QED) is 0.850. The van der Waals surface area contributed by atoms with Gasteiger partial charge in [0.1, 0.15) is 12.4 Å². The molecule has 0 fully saturated rings. The minimum atomic E-state index is -3.52. The van der Waals surface area contributed by atoms with Crippen LogP contribution in [-0.2, 0) is 16.4 Å². The van der Waals surface area contributed by atoms with Crippen LogP contribution in [0, 0.1) is 6.92 Å². The van der Waals surface area contributed by atoms with Gasteiger partial charge in [-0.25, -0.2) is 8.42 Å². The Labute approximate surface area is 137 Å². The fraction of sp³-hybridized carbons (Fsp3) is 0.333. The number of fused-ring (bicyclic) bond motifs is 1. The molecule has 0 unspecified atom stereocenters. The molecule has 2 aromatic rings. The third-order valence-electron chi connectivity index (χ3n) is 4.17. The lowest BCUT2D eigenvalue weighted by Gasteiger charge is -2.31. The molecule has 3 rings (SSSR count). The van der Waals surface area contributed by atoms with Crippen LogP contribution in [0.2, 0.25) is 0 Å². The van der Waals surface area contributed by atoms with E-state index in [1.165, 1.54) is 0 Å².